The minimum absolute atomic E-state index is 0.118. The van der Waals surface area contributed by atoms with Crippen molar-refractivity contribution in [3.63, 3.8) is 0 Å². The number of nitrogens with zero attached hydrogens (tertiary/aromatic N) is 1. The second-order valence-electron chi connectivity index (χ2n) is 4.36. The van der Waals surface area contributed by atoms with E-state index in [2.05, 4.69) is 27.8 Å². The van der Waals surface area contributed by atoms with Crippen LogP contribution in [0.5, 0.6) is 0 Å². The third-order valence-electron chi connectivity index (χ3n) is 2.89. The summed E-state index contributed by atoms with van der Waals surface area (Å²) in [6, 6.07) is -0.118. The Morgan fingerprint density at radius 1 is 1.38 bits per heavy atom. The largest absolute Gasteiger partial charge is 0.341 e. The highest BCUT2D eigenvalue weighted by Crippen LogP contribution is 2.10. The Morgan fingerprint density at radius 3 is 2.44 bits per heavy atom. The SMILES string of the molecule is C=C(Br)CNC(C)C(=O)N1CCCCCC1. The van der Waals surface area contributed by atoms with Crippen LogP contribution in [0.1, 0.15) is 32.6 Å². The fourth-order valence-electron chi connectivity index (χ4n) is 1.92. The van der Waals surface area contributed by atoms with Gasteiger partial charge in [-0.05, 0) is 19.8 Å². The standard InChI is InChI=1S/C12H21BrN2O/c1-10(13)9-14-11(2)12(16)15-7-5-3-4-6-8-15/h11,14H,1,3-9H2,2H3. The molecule has 0 aromatic carbocycles. The van der Waals surface area contributed by atoms with E-state index in [-0.39, 0.29) is 11.9 Å². The number of hydrogen-bond donors (Lipinski definition) is 1. The number of halogens is 1. The lowest BCUT2D eigenvalue weighted by Crippen LogP contribution is -2.45. The van der Waals surface area contributed by atoms with Crippen molar-refractivity contribution < 1.29 is 4.79 Å². The number of nitrogens with one attached hydrogen (secondary N) is 1. The predicted octanol–water partition coefficient (Wildman–Crippen LogP) is 2.28. The molecule has 3 nitrogen and oxygen atoms in total. The molecule has 0 radical (unpaired) electrons. The van der Waals surface area contributed by atoms with E-state index in [1.54, 1.807) is 0 Å². The van der Waals surface area contributed by atoms with Gasteiger partial charge in [0, 0.05) is 24.1 Å². The highest BCUT2D eigenvalue weighted by Gasteiger charge is 2.20. The zero-order chi connectivity index (χ0) is 12.0. The maximum absolute atomic E-state index is 12.1. The maximum Gasteiger partial charge on any atom is 0.239 e. The molecule has 0 bridgehead atoms. The Hall–Kier alpha value is -0.350. The average molecular weight is 289 g/mol. The van der Waals surface area contributed by atoms with Crippen molar-refractivity contribution in [3.05, 3.63) is 11.1 Å². The van der Waals surface area contributed by atoms with E-state index >= 15 is 0 Å². The molecular weight excluding hydrogens is 268 g/mol. The van der Waals surface area contributed by atoms with Gasteiger partial charge in [-0.1, -0.05) is 35.4 Å². The van der Waals surface area contributed by atoms with Gasteiger partial charge in [0.05, 0.1) is 6.04 Å². The highest BCUT2D eigenvalue weighted by atomic mass is 79.9. The fraction of sp³-hybridized carbons (Fsp3) is 0.750. The van der Waals surface area contributed by atoms with Crippen molar-refractivity contribution in [2.45, 2.75) is 38.6 Å². The van der Waals surface area contributed by atoms with Crippen LogP contribution < -0.4 is 5.32 Å². The first-order chi connectivity index (χ1) is 7.61. The van der Waals surface area contributed by atoms with Crippen molar-refractivity contribution in [1.82, 2.24) is 10.2 Å². The normalized spacial score (nSPS) is 19.0. The summed E-state index contributed by atoms with van der Waals surface area (Å²) in [6.45, 7) is 8.14. The molecule has 1 heterocycles. The lowest BCUT2D eigenvalue weighted by atomic mass is 10.2. The topological polar surface area (TPSA) is 32.3 Å². The van der Waals surface area contributed by atoms with Gasteiger partial charge in [-0.15, -0.1) is 0 Å². The zero-order valence-corrected chi connectivity index (χ0v) is 11.6. The monoisotopic (exact) mass is 288 g/mol. The molecule has 0 aromatic heterocycles. The van der Waals surface area contributed by atoms with Crippen molar-refractivity contribution in [2.75, 3.05) is 19.6 Å². The minimum Gasteiger partial charge on any atom is -0.341 e. The summed E-state index contributed by atoms with van der Waals surface area (Å²) in [5, 5.41) is 3.16. The Kier molecular flexibility index (Phi) is 6.06. The molecule has 1 aliphatic rings. The molecule has 1 N–H and O–H groups in total. The number of carbonyl (C=O) groups is 1. The molecule has 1 saturated heterocycles. The highest BCUT2D eigenvalue weighted by molar-refractivity contribution is 9.11. The van der Waals surface area contributed by atoms with Gasteiger partial charge in [-0.3, -0.25) is 4.79 Å². The van der Waals surface area contributed by atoms with Gasteiger partial charge in [0.2, 0.25) is 5.91 Å². The van der Waals surface area contributed by atoms with E-state index in [1.165, 1.54) is 12.8 Å². The molecule has 1 aliphatic heterocycles. The van der Waals surface area contributed by atoms with Crippen molar-refractivity contribution in [2.24, 2.45) is 0 Å². The lowest BCUT2D eigenvalue weighted by molar-refractivity contribution is -0.132. The van der Waals surface area contributed by atoms with Gasteiger partial charge in [-0.2, -0.15) is 0 Å². The molecule has 1 amide bonds. The molecule has 1 atom stereocenters. The zero-order valence-electron chi connectivity index (χ0n) is 9.97. The average Bonchev–Trinajstić information content (AvgIpc) is 2.53. The number of amides is 1. The number of carbonyl (C=O) groups excluding carboxylic acids is 1. The predicted molar refractivity (Wildman–Crippen MR) is 70.6 cm³/mol. The summed E-state index contributed by atoms with van der Waals surface area (Å²) in [5.41, 5.74) is 0. The van der Waals surface area contributed by atoms with Gasteiger partial charge in [-0.25, -0.2) is 0 Å². The van der Waals surface area contributed by atoms with Gasteiger partial charge in [0.25, 0.3) is 0 Å². The van der Waals surface area contributed by atoms with Gasteiger partial charge in [0.15, 0.2) is 0 Å². The van der Waals surface area contributed by atoms with E-state index in [1.807, 2.05) is 11.8 Å². The Labute approximate surface area is 106 Å². The van der Waals surface area contributed by atoms with E-state index < -0.39 is 0 Å². The van der Waals surface area contributed by atoms with E-state index in [0.717, 1.165) is 30.4 Å². The second kappa shape index (κ2) is 7.07. The summed E-state index contributed by atoms with van der Waals surface area (Å²) in [7, 11) is 0. The van der Waals surface area contributed by atoms with Crippen LogP contribution in [0.15, 0.2) is 11.1 Å². The summed E-state index contributed by atoms with van der Waals surface area (Å²) in [4.78, 5) is 14.1. The van der Waals surface area contributed by atoms with Crippen molar-refractivity contribution in [1.29, 1.82) is 0 Å². The molecule has 1 rings (SSSR count). The molecular formula is C12H21BrN2O. The van der Waals surface area contributed by atoms with Crippen LogP contribution in [0.2, 0.25) is 0 Å². The smallest absolute Gasteiger partial charge is 0.239 e. The molecule has 0 spiro atoms. The molecule has 4 heteroatoms. The Morgan fingerprint density at radius 2 is 1.94 bits per heavy atom. The van der Waals surface area contributed by atoms with Gasteiger partial charge < -0.3 is 10.2 Å². The molecule has 16 heavy (non-hydrogen) atoms. The molecule has 92 valence electrons. The molecule has 1 fully saturated rings. The first-order valence-corrected chi connectivity index (χ1v) is 6.76. The Balaban J connectivity index is 2.38. The summed E-state index contributed by atoms with van der Waals surface area (Å²) < 4.78 is 0.878. The van der Waals surface area contributed by atoms with Crippen LogP contribution in [0.25, 0.3) is 0 Å². The minimum atomic E-state index is -0.118. The third-order valence-corrected chi connectivity index (χ3v) is 3.17. The van der Waals surface area contributed by atoms with Crippen LogP contribution in [-0.4, -0.2) is 36.5 Å². The molecule has 1 unspecified atom stereocenters. The summed E-state index contributed by atoms with van der Waals surface area (Å²) in [5.74, 6) is 0.218. The maximum atomic E-state index is 12.1. The van der Waals surface area contributed by atoms with E-state index in [9.17, 15) is 4.79 Å². The van der Waals surface area contributed by atoms with Crippen LogP contribution in [0.3, 0.4) is 0 Å². The lowest BCUT2D eigenvalue weighted by Gasteiger charge is -2.24. The Bertz CT molecular complexity index is 247. The summed E-state index contributed by atoms with van der Waals surface area (Å²) in [6.07, 6.45) is 4.79. The van der Waals surface area contributed by atoms with Crippen molar-refractivity contribution >= 4 is 21.8 Å². The van der Waals surface area contributed by atoms with Crippen molar-refractivity contribution in [3.8, 4) is 0 Å². The molecule has 0 saturated carbocycles. The quantitative estimate of drug-likeness (QED) is 0.861. The van der Waals surface area contributed by atoms with Crippen LogP contribution in [-0.2, 0) is 4.79 Å². The van der Waals surface area contributed by atoms with Gasteiger partial charge in [0.1, 0.15) is 0 Å². The second-order valence-corrected chi connectivity index (χ2v) is 5.48. The van der Waals surface area contributed by atoms with E-state index in [0.29, 0.717) is 6.54 Å². The van der Waals surface area contributed by atoms with Crippen LogP contribution in [0, 0.1) is 0 Å². The molecule has 0 aromatic rings. The number of rotatable bonds is 4. The number of likely N-dealkylation sites (tertiary alicyclic amines) is 1. The van der Waals surface area contributed by atoms with Crippen LogP contribution >= 0.6 is 15.9 Å². The fourth-order valence-corrected chi connectivity index (χ4v) is 2.08. The molecule has 0 aliphatic carbocycles. The first-order valence-electron chi connectivity index (χ1n) is 5.96. The summed E-state index contributed by atoms with van der Waals surface area (Å²) >= 11 is 3.28. The van der Waals surface area contributed by atoms with Gasteiger partial charge >= 0.3 is 0 Å². The van der Waals surface area contributed by atoms with E-state index in [4.69, 9.17) is 0 Å². The van der Waals surface area contributed by atoms with Crippen LogP contribution in [0.4, 0.5) is 0 Å². The third kappa shape index (κ3) is 4.66. The number of hydrogen-bond acceptors (Lipinski definition) is 2. The first kappa shape index (κ1) is 13.7.